The maximum absolute atomic E-state index is 12.2. The van der Waals surface area contributed by atoms with Crippen LogP contribution < -0.4 is 21.3 Å². The molecule has 0 saturated heterocycles. The number of hydrogen-bond acceptors (Lipinski definition) is 8. The first-order valence-corrected chi connectivity index (χ1v) is 10.1. The number of nitrogens with zero attached hydrogens (tertiary/aromatic N) is 4. The summed E-state index contributed by atoms with van der Waals surface area (Å²) in [6, 6.07) is 13.2. The van der Waals surface area contributed by atoms with E-state index in [1.54, 1.807) is 13.3 Å². The van der Waals surface area contributed by atoms with E-state index in [0.717, 1.165) is 22.6 Å². The van der Waals surface area contributed by atoms with Gasteiger partial charge in [-0.2, -0.15) is 5.10 Å². The number of carbonyl (C=O) groups excluding carboxylic acids is 1. The summed E-state index contributed by atoms with van der Waals surface area (Å²) in [7, 11) is 1.60. The van der Waals surface area contributed by atoms with Gasteiger partial charge in [0.1, 0.15) is 5.75 Å². The molecule has 0 fully saturated rings. The van der Waals surface area contributed by atoms with Crippen molar-refractivity contribution in [2.45, 2.75) is 19.0 Å². The minimum Gasteiger partial charge on any atom is -0.497 e. The van der Waals surface area contributed by atoms with Crippen LogP contribution in [0.3, 0.4) is 0 Å². The lowest BCUT2D eigenvalue weighted by atomic mass is 10.1. The highest BCUT2D eigenvalue weighted by Crippen LogP contribution is 2.18. The van der Waals surface area contributed by atoms with E-state index in [1.165, 1.54) is 22.0 Å². The lowest BCUT2D eigenvalue weighted by Crippen LogP contribution is -2.17. The molecule has 1 heterocycles. The molecule has 2 aromatic carbocycles. The lowest BCUT2D eigenvalue weighted by Gasteiger charge is -2.07. The Balaban J connectivity index is 1.53. The van der Waals surface area contributed by atoms with Crippen LogP contribution in [0.5, 0.6) is 5.75 Å². The summed E-state index contributed by atoms with van der Waals surface area (Å²) in [5, 5.41) is 15.3. The first-order valence-electron chi connectivity index (χ1n) is 9.10. The number of methoxy groups -OCH3 is 1. The van der Waals surface area contributed by atoms with Crippen molar-refractivity contribution >= 4 is 35.5 Å². The van der Waals surface area contributed by atoms with Gasteiger partial charge >= 0.3 is 0 Å². The maximum atomic E-state index is 12.2. The summed E-state index contributed by atoms with van der Waals surface area (Å²) < 4.78 is 6.42. The topological polar surface area (TPSA) is 119 Å². The number of thioether (sulfide) groups is 1. The van der Waals surface area contributed by atoms with Crippen molar-refractivity contribution in [1.29, 1.82) is 0 Å². The number of anilines is 2. The molecule has 3 rings (SSSR count). The first-order chi connectivity index (χ1) is 14.5. The van der Waals surface area contributed by atoms with Crippen LogP contribution in [0.4, 0.5) is 11.6 Å². The Morgan fingerprint density at radius 3 is 2.83 bits per heavy atom. The summed E-state index contributed by atoms with van der Waals surface area (Å²) in [5.41, 5.74) is 6.64. The summed E-state index contributed by atoms with van der Waals surface area (Å²) in [5.74, 6) is 6.97. The van der Waals surface area contributed by atoms with Gasteiger partial charge in [-0.25, -0.2) is 10.1 Å². The molecule has 0 aliphatic heterocycles. The van der Waals surface area contributed by atoms with Gasteiger partial charge in [-0.1, -0.05) is 30.0 Å². The number of nitrogen functional groups attached to an aromatic ring is 1. The molecular weight excluding hydrogens is 402 g/mol. The summed E-state index contributed by atoms with van der Waals surface area (Å²) in [6.45, 7) is 4.03. The van der Waals surface area contributed by atoms with E-state index >= 15 is 0 Å². The van der Waals surface area contributed by atoms with E-state index < -0.39 is 0 Å². The molecule has 156 valence electrons. The zero-order valence-electron chi connectivity index (χ0n) is 16.9. The molecule has 0 saturated carbocycles. The number of nitrogens with two attached hydrogens (primary N) is 1. The van der Waals surface area contributed by atoms with Gasteiger partial charge in [-0.15, -0.1) is 10.2 Å². The number of rotatable bonds is 8. The maximum Gasteiger partial charge on any atom is 0.264 e. The smallest absolute Gasteiger partial charge is 0.264 e. The number of hydrazone groups is 1. The van der Waals surface area contributed by atoms with Crippen LogP contribution in [0.2, 0.25) is 0 Å². The van der Waals surface area contributed by atoms with Gasteiger partial charge in [0, 0.05) is 5.69 Å². The Morgan fingerprint density at radius 1 is 1.23 bits per heavy atom. The Morgan fingerprint density at radius 2 is 2.07 bits per heavy atom. The highest BCUT2D eigenvalue weighted by Gasteiger charge is 2.12. The molecule has 3 aromatic rings. The molecule has 30 heavy (non-hydrogen) atoms. The van der Waals surface area contributed by atoms with Crippen LogP contribution in [0.15, 0.2) is 52.7 Å². The summed E-state index contributed by atoms with van der Waals surface area (Å²) >= 11 is 1.18. The quantitative estimate of drug-likeness (QED) is 0.220. The predicted molar refractivity (Wildman–Crippen MR) is 120 cm³/mol. The fourth-order valence-corrected chi connectivity index (χ4v) is 3.14. The molecule has 10 heteroatoms. The molecule has 4 N–H and O–H groups in total. The van der Waals surface area contributed by atoms with Gasteiger partial charge in [0.05, 0.1) is 19.1 Å². The number of aromatic nitrogens is 3. The monoisotopic (exact) mass is 425 g/mol. The SMILES string of the molecule is COc1cccc(/C=N/Nc2nnc(SCC(=O)Nc3ccc(C)c(C)c3)n2N)c1. The molecule has 0 atom stereocenters. The molecule has 1 aromatic heterocycles. The van der Waals surface area contributed by atoms with Crippen molar-refractivity contribution in [3.8, 4) is 5.75 Å². The number of nitrogens with one attached hydrogen (secondary N) is 2. The third-order valence-corrected chi connectivity index (χ3v) is 5.20. The van der Waals surface area contributed by atoms with E-state index in [0.29, 0.717) is 5.16 Å². The molecule has 0 aliphatic rings. The van der Waals surface area contributed by atoms with Crippen LogP contribution in [0.25, 0.3) is 0 Å². The van der Waals surface area contributed by atoms with Gasteiger partial charge in [-0.05, 0) is 54.8 Å². The fourth-order valence-electron chi connectivity index (χ4n) is 2.48. The first kappa shape index (κ1) is 21.2. The zero-order valence-corrected chi connectivity index (χ0v) is 17.7. The zero-order chi connectivity index (χ0) is 21.5. The van der Waals surface area contributed by atoms with Crippen LogP contribution in [-0.4, -0.2) is 39.9 Å². The Labute approximate surface area is 178 Å². The van der Waals surface area contributed by atoms with Gasteiger partial charge in [0.25, 0.3) is 5.95 Å². The number of amides is 1. The fraction of sp³-hybridized carbons (Fsp3) is 0.200. The Kier molecular flexibility index (Phi) is 6.91. The average molecular weight is 426 g/mol. The molecule has 0 unspecified atom stereocenters. The Bertz CT molecular complexity index is 1070. The van der Waals surface area contributed by atoms with Crippen LogP contribution >= 0.6 is 11.8 Å². The highest BCUT2D eigenvalue weighted by atomic mass is 32.2. The van der Waals surface area contributed by atoms with Crippen molar-refractivity contribution in [3.63, 3.8) is 0 Å². The van der Waals surface area contributed by atoms with Crippen LogP contribution in [0, 0.1) is 13.8 Å². The molecule has 0 spiro atoms. The normalized spacial score (nSPS) is 10.9. The number of aryl methyl sites for hydroxylation is 2. The third-order valence-electron chi connectivity index (χ3n) is 4.26. The van der Waals surface area contributed by atoms with Gasteiger partial charge in [-0.3, -0.25) is 4.79 Å². The highest BCUT2D eigenvalue weighted by molar-refractivity contribution is 7.99. The van der Waals surface area contributed by atoms with Crippen molar-refractivity contribution in [1.82, 2.24) is 14.9 Å². The second-order valence-electron chi connectivity index (χ2n) is 6.46. The molecule has 1 amide bonds. The minimum absolute atomic E-state index is 0.148. The van der Waals surface area contributed by atoms with Gasteiger partial charge in [0.2, 0.25) is 11.1 Å². The van der Waals surface area contributed by atoms with E-state index in [1.807, 2.05) is 56.3 Å². The van der Waals surface area contributed by atoms with Crippen molar-refractivity contribution in [3.05, 3.63) is 59.2 Å². The van der Waals surface area contributed by atoms with Gasteiger partial charge in [0.15, 0.2) is 0 Å². The molecule has 9 nitrogen and oxygen atoms in total. The summed E-state index contributed by atoms with van der Waals surface area (Å²) in [6.07, 6.45) is 1.61. The van der Waals surface area contributed by atoms with Crippen molar-refractivity contribution < 1.29 is 9.53 Å². The predicted octanol–water partition coefficient (Wildman–Crippen LogP) is 2.79. The summed E-state index contributed by atoms with van der Waals surface area (Å²) in [4.78, 5) is 12.2. The third kappa shape index (κ3) is 5.51. The number of hydrogen-bond donors (Lipinski definition) is 3. The average Bonchev–Trinajstić information content (AvgIpc) is 3.09. The van der Waals surface area contributed by atoms with Crippen molar-refractivity contribution in [2.75, 3.05) is 29.4 Å². The van der Waals surface area contributed by atoms with E-state index in [9.17, 15) is 4.79 Å². The largest absolute Gasteiger partial charge is 0.497 e. The number of benzene rings is 2. The standard InChI is InChI=1S/C20H23N7O2S/c1-13-7-8-16(9-14(13)2)23-18(28)12-30-20-26-25-19(27(20)21)24-22-11-15-5-4-6-17(10-15)29-3/h4-11H,12,21H2,1-3H3,(H,23,28)(H,24,25)/b22-11+. The van der Waals surface area contributed by atoms with Crippen LogP contribution in [-0.2, 0) is 4.79 Å². The minimum atomic E-state index is -0.156. The molecule has 0 aliphatic carbocycles. The van der Waals surface area contributed by atoms with E-state index in [-0.39, 0.29) is 17.6 Å². The van der Waals surface area contributed by atoms with Crippen molar-refractivity contribution in [2.24, 2.45) is 5.10 Å². The second-order valence-corrected chi connectivity index (χ2v) is 7.40. The molecule has 0 radical (unpaired) electrons. The second kappa shape index (κ2) is 9.79. The van der Waals surface area contributed by atoms with Gasteiger partial charge < -0.3 is 15.9 Å². The van der Waals surface area contributed by atoms with Crippen LogP contribution in [0.1, 0.15) is 16.7 Å². The van der Waals surface area contributed by atoms with E-state index in [2.05, 4.69) is 26.0 Å². The lowest BCUT2D eigenvalue weighted by molar-refractivity contribution is -0.113. The van der Waals surface area contributed by atoms with E-state index in [4.69, 9.17) is 10.6 Å². The Hall–Kier alpha value is -3.53. The molecule has 0 bridgehead atoms. The molecular formula is C20H23N7O2S. The number of carbonyl (C=O) groups is 1. The number of ether oxygens (including phenoxy) is 1.